The maximum atomic E-state index is 11.0. The molecule has 1 atom stereocenters. The minimum atomic E-state index is -1.25. The molecule has 0 aliphatic heterocycles. The molecule has 0 saturated heterocycles. The summed E-state index contributed by atoms with van der Waals surface area (Å²) in [6, 6.07) is 1.60. The third kappa shape index (κ3) is 4.26. The van der Waals surface area contributed by atoms with Crippen molar-refractivity contribution in [3.63, 3.8) is 0 Å². The summed E-state index contributed by atoms with van der Waals surface area (Å²) >= 11 is 0. The smallest absolute Gasteiger partial charge is 0.331 e. The van der Waals surface area contributed by atoms with Gasteiger partial charge in [0.05, 0.1) is 12.7 Å². The largest absolute Gasteiger partial charge is 0.464 e. The van der Waals surface area contributed by atoms with E-state index in [0.29, 0.717) is 0 Å². The molecule has 4 heteroatoms. The Hall–Kier alpha value is -1.37. The van der Waals surface area contributed by atoms with Gasteiger partial charge in [0.2, 0.25) is 5.92 Å². The number of nitrogens with zero attached hydrogens (tertiary/aromatic N) is 1. The zero-order valence-electron chi connectivity index (χ0n) is 7.87. The van der Waals surface area contributed by atoms with Crippen molar-refractivity contribution in [2.75, 3.05) is 6.61 Å². The molecule has 13 heavy (non-hydrogen) atoms. The molecule has 0 aromatic heterocycles. The number of ketones is 1. The van der Waals surface area contributed by atoms with E-state index in [1.54, 1.807) is 6.07 Å². The van der Waals surface area contributed by atoms with Crippen LogP contribution < -0.4 is 0 Å². The lowest BCUT2D eigenvalue weighted by Gasteiger charge is -2.05. The summed E-state index contributed by atoms with van der Waals surface area (Å²) in [6.07, 6.45) is 1.66. The van der Waals surface area contributed by atoms with Crippen LogP contribution in [-0.2, 0) is 14.3 Å². The van der Waals surface area contributed by atoms with Gasteiger partial charge >= 0.3 is 5.97 Å². The SMILES string of the molecule is CCCCOC(=O)C(C#N)C(C)=O. The number of carbonyl (C=O) groups is 2. The van der Waals surface area contributed by atoms with Gasteiger partial charge in [-0.1, -0.05) is 13.3 Å². The Balaban J connectivity index is 3.95. The van der Waals surface area contributed by atoms with E-state index in [2.05, 4.69) is 0 Å². The van der Waals surface area contributed by atoms with Crippen LogP contribution >= 0.6 is 0 Å². The fourth-order valence-corrected chi connectivity index (χ4v) is 0.710. The molecular weight excluding hydrogens is 170 g/mol. The number of rotatable bonds is 5. The summed E-state index contributed by atoms with van der Waals surface area (Å²) in [5.74, 6) is -2.45. The number of hydrogen-bond donors (Lipinski definition) is 0. The molecular formula is C9H13NO3. The number of carbonyl (C=O) groups excluding carboxylic acids is 2. The van der Waals surface area contributed by atoms with Crippen LogP contribution in [-0.4, -0.2) is 18.4 Å². The maximum Gasteiger partial charge on any atom is 0.331 e. The second kappa shape index (κ2) is 6.18. The topological polar surface area (TPSA) is 67.2 Å². The zero-order chi connectivity index (χ0) is 10.3. The summed E-state index contributed by atoms with van der Waals surface area (Å²) in [4.78, 5) is 21.8. The summed E-state index contributed by atoms with van der Waals surface area (Å²) in [5.41, 5.74) is 0. The third-order valence-corrected chi connectivity index (χ3v) is 1.51. The summed E-state index contributed by atoms with van der Waals surface area (Å²) in [7, 11) is 0. The molecule has 0 aliphatic carbocycles. The van der Waals surface area contributed by atoms with Crippen LogP contribution in [0.25, 0.3) is 0 Å². The number of hydrogen-bond acceptors (Lipinski definition) is 4. The van der Waals surface area contributed by atoms with Gasteiger partial charge in [0, 0.05) is 0 Å². The molecule has 0 rings (SSSR count). The molecule has 0 saturated carbocycles. The lowest BCUT2D eigenvalue weighted by Crippen LogP contribution is -2.23. The van der Waals surface area contributed by atoms with E-state index in [-0.39, 0.29) is 6.61 Å². The first-order valence-corrected chi connectivity index (χ1v) is 4.20. The molecule has 0 fully saturated rings. The predicted molar refractivity (Wildman–Crippen MR) is 45.7 cm³/mol. The fraction of sp³-hybridized carbons (Fsp3) is 0.667. The van der Waals surface area contributed by atoms with Crippen LogP contribution in [0, 0.1) is 17.2 Å². The molecule has 0 spiro atoms. The molecule has 0 aliphatic rings. The van der Waals surface area contributed by atoms with E-state index >= 15 is 0 Å². The van der Waals surface area contributed by atoms with Crippen LogP contribution in [0.2, 0.25) is 0 Å². The van der Waals surface area contributed by atoms with Crippen molar-refractivity contribution in [3.05, 3.63) is 0 Å². The van der Waals surface area contributed by atoms with Gasteiger partial charge in [-0.2, -0.15) is 5.26 Å². The Morgan fingerprint density at radius 1 is 1.54 bits per heavy atom. The highest BCUT2D eigenvalue weighted by Gasteiger charge is 2.23. The minimum Gasteiger partial charge on any atom is -0.464 e. The molecule has 0 aromatic rings. The van der Waals surface area contributed by atoms with Crippen molar-refractivity contribution in [2.24, 2.45) is 5.92 Å². The maximum absolute atomic E-state index is 11.0. The Bertz CT molecular complexity index is 230. The molecule has 0 heterocycles. The predicted octanol–water partition coefficient (Wildman–Crippen LogP) is 1.06. The van der Waals surface area contributed by atoms with Crippen molar-refractivity contribution in [1.82, 2.24) is 0 Å². The molecule has 0 radical (unpaired) electrons. The standard InChI is InChI=1S/C9H13NO3/c1-3-4-5-13-9(12)8(6-10)7(2)11/h8H,3-5H2,1-2H3. The van der Waals surface area contributed by atoms with Crippen molar-refractivity contribution < 1.29 is 14.3 Å². The number of nitriles is 1. The molecule has 0 aromatic carbocycles. The van der Waals surface area contributed by atoms with Crippen molar-refractivity contribution >= 4 is 11.8 Å². The summed E-state index contributed by atoms with van der Waals surface area (Å²) in [6.45, 7) is 3.44. The van der Waals surface area contributed by atoms with E-state index < -0.39 is 17.7 Å². The summed E-state index contributed by atoms with van der Waals surface area (Å²) in [5, 5.41) is 8.45. The Labute approximate surface area is 77.5 Å². The highest BCUT2D eigenvalue weighted by Crippen LogP contribution is 2.01. The van der Waals surface area contributed by atoms with Crippen LogP contribution in [0.4, 0.5) is 0 Å². The second-order valence-corrected chi connectivity index (χ2v) is 2.69. The van der Waals surface area contributed by atoms with Crippen molar-refractivity contribution in [1.29, 1.82) is 5.26 Å². The lowest BCUT2D eigenvalue weighted by atomic mass is 10.1. The lowest BCUT2D eigenvalue weighted by molar-refractivity contribution is -0.149. The average Bonchev–Trinajstić information content (AvgIpc) is 2.05. The van der Waals surface area contributed by atoms with Gasteiger partial charge in [-0.15, -0.1) is 0 Å². The normalized spacial score (nSPS) is 11.5. The van der Waals surface area contributed by atoms with Crippen LogP contribution in [0.1, 0.15) is 26.7 Å². The minimum absolute atomic E-state index is 0.279. The highest BCUT2D eigenvalue weighted by molar-refractivity contribution is 6.00. The van der Waals surface area contributed by atoms with Gasteiger partial charge in [0.15, 0.2) is 5.78 Å². The van der Waals surface area contributed by atoms with E-state index in [4.69, 9.17) is 10.00 Å². The Morgan fingerprint density at radius 2 is 2.15 bits per heavy atom. The third-order valence-electron chi connectivity index (χ3n) is 1.51. The molecule has 0 bridgehead atoms. The molecule has 0 amide bonds. The van der Waals surface area contributed by atoms with Gasteiger partial charge in [0.1, 0.15) is 0 Å². The van der Waals surface area contributed by atoms with Crippen LogP contribution in [0.15, 0.2) is 0 Å². The summed E-state index contributed by atoms with van der Waals surface area (Å²) < 4.78 is 4.71. The highest BCUT2D eigenvalue weighted by atomic mass is 16.5. The van der Waals surface area contributed by atoms with Gasteiger partial charge in [-0.05, 0) is 13.3 Å². The van der Waals surface area contributed by atoms with Crippen LogP contribution in [0.3, 0.4) is 0 Å². The Kier molecular flexibility index (Phi) is 5.53. The first-order chi connectivity index (χ1) is 6.13. The van der Waals surface area contributed by atoms with Gasteiger partial charge in [-0.25, -0.2) is 0 Å². The van der Waals surface area contributed by atoms with E-state index in [1.807, 2.05) is 6.92 Å². The van der Waals surface area contributed by atoms with E-state index in [0.717, 1.165) is 12.8 Å². The quantitative estimate of drug-likeness (QED) is 0.363. The van der Waals surface area contributed by atoms with E-state index in [9.17, 15) is 9.59 Å². The second-order valence-electron chi connectivity index (χ2n) is 2.69. The zero-order valence-corrected chi connectivity index (χ0v) is 7.87. The van der Waals surface area contributed by atoms with Crippen molar-refractivity contribution in [3.8, 4) is 6.07 Å². The monoisotopic (exact) mass is 183 g/mol. The molecule has 0 N–H and O–H groups in total. The fourth-order valence-electron chi connectivity index (χ4n) is 0.710. The first-order valence-electron chi connectivity index (χ1n) is 4.20. The van der Waals surface area contributed by atoms with Crippen molar-refractivity contribution in [2.45, 2.75) is 26.7 Å². The van der Waals surface area contributed by atoms with Gasteiger partial charge < -0.3 is 4.74 Å². The Morgan fingerprint density at radius 3 is 2.54 bits per heavy atom. The molecule has 72 valence electrons. The van der Waals surface area contributed by atoms with Gasteiger partial charge in [-0.3, -0.25) is 9.59 Å². The van der Waals surface area contributed by atoms with Gasteiger partial charge in [0.25, 0.3) is 0 Å². The number of esters is 1. The molecule has 1 unspecified atom stereocenters. The number of unbranched alkanes of at least 4 members (excludes halogenated alkanes) is 1. The average molecular weight is 183 g/mol. The van der Waals surface area contributed by atoms with Crippen LogP contribution in [0.5, 0.6) is 0 Å². The number of Topliss-reactive ketones (excluding diaryl/α,β-unsaturated/α-hetero) is 1. The number of ether oxygens (including phenoxy) is 1. The first kappa shape index (κ1) is 11.6. The molecule has 4 nitrogen and oxygen atoms in total. The van der Waals surface area contributed by atoms with E-state index in [1.165, 1.54) is 6.92 Å².